The molecular formula is C22H23N5O3. The molecule has 1 aliphatic rings. The number of hydrogen-bond acceptors (Lipinski definition) is 6. The fraction of sp³-hybridized carbons (Fsp3) is 0.273. The highest BCUT2D eigenvalue weighted by Crippen LogP contribution is 2.36. The summed E-state index contributed by atoms with van der Waals surface area (Å²) >= 11 is 0. The highest BCUT2D eigenvalue weighted by atomic mass is 16.3. The van der Waals surface area contributed by atoms with E-state index >= 15 is 0 Å². The van der Waals surface area contributed by atoms with Crippen LogP contribution in [0.4, 0.5) is 5.69 Å². The molecular weight excluding hydrogens is 382 g/mol. The van der Waals surface area contributed by atoms with Gasteiger partial charge in [0.1, 0.15) is 11.3 Å². The van der Waals surface area contributed by atoms with Crippen molar-refractivity contribution in [2.75, 3.05) is 25.4 Å². The number of rotatable bonds is 5. The van der Waals surface area contributed by atoms with Gasteiger partial charge < -0.3 is 21.1 Å². The van der Waals surface area contributed by atoms with Crippen LogP contribution in [0.25, 0.3) is 22.0 Å². The average Bonchev–Trinajstić information content (AvgIpc) is 2.71. The van der Waals surface area contributed by atoms with E-state index in [0.29, 0.717) is 34.1 Å². The lowest BCUT2D eigenvalue weighted by Gasteiger charge is -2.31. The molecule has 4 N–H and O–H groups in total. The van der Waals surface area contributed by atoms with Gasteiger partial charge in [0.15, 0.2) is 5.69 Å². The van der Waals surface area contributed by atoms with Crippen LogP contribution in [0.2, 0.25) is 0 Å². The Hall–Kier alpha value is -3.68. The van der Waals surface area contributed by atoms with E-state index in [2.05, 4.69) is 15.5 Å². The Bertz CT molecular complexity index is 1140. The first-order valence-corrected chi connectivity index (χ1v) is 9.97. The van der Waals surface area contributed by atoms with E-state index in [1.807, 2.05) is 6.92 Å². The van der Waals surface area contributed by atoms with E-state index in [4.69, 9.17) is 5.73 Å². The van der Waals surface area contributed by atoms with Crippen LogP contribution < -0.4 is 11.1 Å². The Morgan fingerprint density at radius 2 is 1.97 bits per heavy atom. The molecule has 0 saturated carbocycles. The number of phenols is 1. The van der Waals surface area contributed by atoms with Crippen molar-refractivity contribution in [1.82, 2.24) is 20.4 Å². The van der Waals surface area contributed by atoms with Crippen molar-refractivity contribution in [2.45, 2.75) is 19.8 Å². The Morgan fingerprint density at radius 3 is 2.67 bits per heavy atom. The largest absolute Gasteiger partial charge is 0.507 e. The minimum Gasteiger partial charge on any atom is -0.507 e. The molecule has 30 heavy (non-hydrogen) atoms. The highest BCUT2D eigenvalue weighted by Gasteiger charge is 2.23. The third-order valence-electron chi connectivity index (χ3n) is 5.26. The highest BCUT2D eigenvalue weighted by molar-refractivity contribution is 6.08. The Labute approximate surface area is 173 Å². The Kier molecular flexibility index (Phi) is 5.22. The van der Waals surface area contributed by atoms with Gasteiger partial charge in [-0.25, -0.2) is 0 Å². The smallest absolute Gasteiger partial charge is 0.273 e. The number of nitrogens with zero attached hydrogens (tertiary/aromatic N) is 3. The van der Waals surface area contributed by atoms with E-state index in [-0.39, 0.29) is 28.9 Å². The van der Waals surface area contributed by atoms with E-state index in [9.17, 15) is 14.7 Å². The van der Waals surface area contributed by atoms with Crippen LogP contribution in [0, 0.1) is 0 Å². The number of aromatic nitrogens is 2. The number of nitrogens with two attached hydrogens (primary N) is 1. The number of fused-ring (bicyclic) bond motifs is 1. The summed E-state index contributed by atoms with van der Waals surface area (Å²) in [5.41, 5.74) is 8.52. The first-order valence-electron chi connectivity index (χ1n) is 9.97. The molecule has 1 aliphatic heterocycles. The average molecular weight is 405 g/mol. The number of likely N-dealkylation sites (tertiary alicyclic amines) is 1. The molecule has 3 aromatic rings. The number of nitrogens with one attached hydrogen (secondary N) is 1. The number of amides is 2. The van der Waals surface area contributed by atoms with Crippen molar-refractivity contribution in [3.63, 3.8) is 0 Å². The summed E-state index contributed by atoms with van der Waals surface area (Å²) < 4.78 is 0. The zero-order valence-corrected chi connectivity index (χ0v) is 16.7. The summed E-state index contributed by atoms with van der Waals surface area (Å²) in [5.74, 6) is -0.421. The van der Waals surface area contributed by atoms with Gasteiger partial charge in [-0.2, -0.15) is 0 Å². The number of carbonyl (C=O) groups is 2. The van der Waals surface area contributed by atoms with Crippen LogP contribution in [0.5, 0.6) is 5.75 Å². The quantitative estimate of drug-likeness (QED) is 0.600. The van der Waals surface area contributed by atoms with Crippen molar-refractivity contribution in [1.29, 1.82) is 0 Å². The van der Waals surface area contributed by atoms with Crippen LogP contribution in [-0.2, 0) is 0 Å². The van der Waals surface area contributed by atoms with Gasteiger partial charge in [0, 0.05) is 41.7 Å². The van der Waals surface area contributed by atoms with E-state index in [1.165, 1.54) is 6.07 Å². The minimum absolute atomic E-state index is 0.0211. The normalized spacial score (nSPS) is 13.2. The summed E-state index contributed by atoms with van der Waals surface area (Å²) in [6, 6.07) is 10.1. The van der Waals surface area contributed by atoms with E-state index in [0.717, 1.165) is 25.9 Å². The summed E-state index contributed by atoms with van der Waals surface area (Å²) in [4.78, 5) is 26.7. The number of hydrogen-bond donors (Lipinski definition) is 3. The second kappa shape index (κ2) is 7.98. The molecule has 1 fully saturated rings. The standard InChI is InChI=1S/C22H23N5O3/c1-2-9-24-21(29)20-18(23)15-6-3-5-14(19(15)25-26-20)16-12-13(7-8-17(16)28)22(30)27-10-4-11-27/h3,5-8,12,28H,2,4,9-11H2,1H3,(H2,23,25)(H,24,29). The van der Waals surface area contributed by atoms with Crippen LogP contribution in [-0.4, -0.2) is 51.7 Å². The van der Waals surface area contributed by atoms with Crippen molar-refractivity contribution in [2.24, 2.45) is 0 Å². The molecule has 2 amide bonds. The number of nitrogen functional groups attached to an aromatic ring is 1. The number of phenolic OH excluding ortho intramolecular Hbond substituents is 1. The third kappa shape index (κ3) is 3.41. The molecule has 0 spiro atoms. The first-order chi connectivity index (χ1) is 14.5. The molecule has 0 bridgehead atoms. The maximum absolute atomic E-state index is 12.6. The van der Waals surface area contributed by atoms with Gasteiger partial charge in [0.25, 0.3) is 11.8 Å². The van der Waals surface area contributed by atoms with Crippen LogP contribution >= 0.6 is 0 Å². The van der Waals surface area contributed by atoms with Gasteiger partial charge >= 0.3 is 0 Å². The van der Waals surface area contributed by atoms with Gasteiger partial charge in [-0.1, -0.05) is 25.1 Å². The minimum atomic E-state index is -0.376. The molecule has 1 aromatic heterocycles. The summed E-state index contributed by atoms with van der Waals surface area (Å²) in [6.07, 6.45) is 1.80. The van der Waals surface area contributed by atoms with E-state index in [1.54, 1.807) is 35.2 Å². The lowest BCUT2D eigenvalue weighted by atomic mass is 9.97. The lowest BCUT2D eigenvalue weighted by molar-refractivity contribution is 0.0651. The number of anilines is 1. The van der Waals surface area contributed by atoms with Gasteiger partial charge in [0.2, 0.25) is 0 Å². The SMILES string of the molecule is CCCNC(=O)c1nnc2c(-c3cc(C(=O)N4CCC4)ccc3O)cccc2c1N. The molecule has 0 aliphatic carbocycles. The summed E-state index contributed by atoms with van der Waals surface area (Å²) in [5, 5.41) is 22.1. The molecule has 2 aromatic carbocycles. The second-order valence-corrected chi connectivity index (χ2v) is 7.30. The third-order valence-corrected chi connectivity index (χ3v) is 5.26. The van der Waals surface area contributed by atoms with Crippen LogP contribution in [0.3, 0.4) is 0 Å². The fourth-order valence-corrected chi connectivity index (χ4v) is 3.44. The Balaban J connectivity index is 1.79. The van der Waals surface area contributed by atoms with Gasteiger partial charge in [-0.15, -0.1) is 10.2 Å². The molecule has 8 heteroatoms. The topological polar surface area (TPSA) is 121 Å². The number of benzene rings is 2. The lowest BCUT2D eigenvalue weighted by Crippen LogP contribution is -2.42. The maximum atomic E-state index is 12.6. The van der Waals surface area contributed by atoms with Crippen molar-refractivity contribution >= 4 is 28.4 Å². The molecule has 4 rings (SSSR count). The van der Waals surface area contributed by atoms with Gasteiger partial charge in [-0.05, 0) is 31.0 Å². The van der Waals surface area contributed by atoms with Gasteiger partial charge in [0.05, 0.1) is 5.69 Å². The first kappa shape index (κ1) is 19.6. The number of aromatic hydroxyl groups is 1. The van der Waals surface area contributed by atoms with Crippen LogP contribution in [0.1, 0.15) is 40.6 Å². The predicted molar refractivity (Wildman–Crippen MR) is 114 cm³/mol. The van der Waals surface area contributed by atoms with Crippen molar-refractivity contribution < 1.29 is 14.7 Å². The number of carbonyl (C=O) groups excluding carboxylic acids is 2. The van der Waals surface area contributed by atoms with Crippen LogP contribution in [0.15, 0.2) is 36.4 Å². The monoisotopic (exact) mass is 405 g/mol. The summed E-state index contributed by atoms with van der Waals surface area (Å²) in [6.45, 7) is 3.96. The molecule has 8 nitrogen and oxygen atoms in total. The molecule has 0 atom stereocenters. The zero-order valence-electron chi connectivity index (χ0n) is 16.7. The fourth-order valence-electron chi connectivity index (χ4n) is 3.44. The van der Waals surface area contributed by atoms with Crippen molar-refractivity contribution in [3.05, 3.63) is 47.7 Å². The molecule has 154 valence electrons. The molecule has 2 heterocycles. The van der Waals surface area contributed by atoms with Gasteiger partial charge in [-0.3, -0.25) is 9.59 Å². The zero-order chi connectivity index (χ0) is 21.3. The van der Waals surface area contributed by atoms with E-state index < -0.39 is 0 Å². The summed E-state index contributed by atoms with van der Waals surface area (Å²) in [7, 11) is 0. The molecule has 0 unspecified atom stereocenters. The molecule has 0 radical (unpaired) electrons. The Morgan fingerprint density at radius 1 is 1.17 bits per heavy atom. The van der Waals surface area contributed by atoms with Crippen molar-refractivity contribution in [3.8, 4) is 16.9 Å². The maximum Gasteiger partial charge on any atom is 0.273 e. The predicted octanol–water partition coefficient (Wildman–Crippen LogP) is 2.57. The molecule has 1 saturated heterocycles. The second-order valence-electron chi connectivity index (χ2n) is 7.30.